The highest BCUT2D eigenvalue weighted by atomic mass is 16.5. The summed E-state index contributed by atoms with van der Waals surface area (Å²) in [6, 6.07) is 3.84. The first-order chi connectivity index (χ1) is 8.24. The van der Waals surface area contributed by atoms with Crippen LogP contribution in [0.5, 0.6) is 0 Å². The fraction of sp³-hybridized carbons (Fsp3) is 0.385. The van der Waals surface area contributed by atoms with Crippen LogP contribution in [0.3, 0.4) is 0 Å². The predicted molar refractivity (Wildman–Crippen MR) is 67.5 cm³/mol. The lowest BCUT2D eigenvalue weighted by Gasteiger charge is -2.08. The first-order valence-corrected chi connectivity index (χ1v) is 5.89. The van der Waals surface area contributed by atoms with Crippen molar-refractivity contribution in [2.24, 2.45) is 0 Å². The van der Waals surface area contributed by atoms with Gasteiger partial charge in [-0.2, -0.15) is 0 Å². The average molecular weight is 231 g/mol. The number of hydrogen-bond acceptors (Lipinski definition) is 4. The first kappa shape index (κ1) is 11.6. The Labute approximate surface area is 101 Å². The maximum absolute atomic E-state index is 5.88. The average Bonchev–Trinajstić information content (AvgIpc) is 2.73. The van der Waals surface area contributed by atoms with Crippen LogP contribution in [-0.2, 0) is 0 Å². The molecule has 2 aromatic heterocycles. The molecule has 0 spiro atoms. The number of nitrogen functional groups attached to an aromatic ring is 1. The second-order valence-electron chi connectivity index (χ2n) is 4.23. The third kappa shape index (κ3) is 2.30. The van der Waals surface area contributed by atoms with Crippen molar-refractivity contribution < 1.29 is 4.52 Å². The quantitative estimate of drug-likeness (QED) is 0.877. The van der Waals surface area contributed by atoms with E-state index in [2.05, 4.69) is 24.0 Å². The van der Waals surface area contributed by atoms with Gasteiger partial charge in [0.1, 0.15) is 5.76 Å². The van der Waals surface area contributed by atoms with Gasteiger partial charge in [-0.3, -0.25) is 4.98 Å². The van der Waals surface area contributed by atoms with E-state index in [0.717, 1.165) is 29.7 Å². The molecule has 90 valence electrons. The summed E-state index contributed by atoms with van der Waals surface area (Å²) in [6.45, 7) is 4.29. The molecule has 0 saturated heterocycles. The number of anilines is 1. The first-order valence-electron chi connectivity index (χ1n) is 5.89. The van der Waals surface area contributed by atoms with Crippen LogP contribution in [0.25, 0.3) is 11.1 Å². The van der Waals surface area contributed by atoms with E-state index >= 15 is 0 Å². The van der Waals surface area contributed by atoms with Gasteiger partial charge in [-0.15, -0.1) is 0 Å². The molecular weight excluding hydrogens is 214 g/mol. The van der Waals surface area contributed by atoms with Crippen molar-refractivity contribution in [2.45, 2.75) is 32.6 Å². The summed E-state index contributed by atoms with van der Waals surface area (Å²) in [5.74, 6) is 1.65. The van der Waals surface area contributed by atoms with Crippen molar-refractivity contribution in [3.05, 3.63) is 30.3 Å². The lowest BCUT2D eigenvalue weighted by atomic mass is 9.96. The molecule has 4 nitrogen and oxygen atoms in total. The topological polar surface area (TPSA) is 64.9 Å². The van der Waals surface area contributed by atoms with Crippen LogP contribution in [0.4, 0.5) is 5.82 Å². The van der Waals surface area contributed by atoms with E-state index in [1.165, 1.54) is 0 Å². The van der Waals surface area contributed by atoms with Crippen molar-refractivity contribution in [1.82, 2.24) is 10.1 Å². The fourth-order valence-corrected chi connectivity index (χ4v) is 2.03. The second-order valence-corrected chi connectivity index (χ2v) is 4.23. The lowest BCUT2D eigenvalue weighted by Crippen LogP contribution is -1.95. The summed E-state index contributed by atoms with van der Waals surface area (Å²) in [6.07, 6.45) is 5.66. The SMILES string of the molecule is CCCC(C)c1onc(N)c1-c1ccncc1. The van der Waals surface area contributed by atoms with Crippen LogP contribution in [-0.4, -0.2) is 10.1 Å². The van der Waals surface area contributed by atoms with E-state index in [-0.39, 0.29) is 0 Å². The largest absolute Gasteiger partial charge is 0.380 e. The molecule has 0 bridgehead atoms. The van der Waals surface area contributed by atoms with Crippen molar-refractivity contribution >= 4 is 5.82 Å². The van der Waals surface area contributed by atoms with Gasteiger partial charge in [0.15, 0.2) is 5.82 Å². The molecule has 2 aromatic rings. The third-order valence-electron chi connectivity index (χ3n) is 2.88. The molecule has 0 saturated carbocycles. The number of nitrogens with zero attached hydrogens (tertiary/aromatic N) is 2. The van der Waals surface area contributed by atoms with E-state index < -0.39 is 0 Å². The minimum atomic E-state index is 0.327. The van der Waals surface area contributed by atoms with Gasteiger partial charge >= 0.3 is 0 Å². The Balaban J connectivity index is 2.43. The Morgan fingerprint density at radius 1 is 1.35 bits per heavy atom. The zero-order chi connectivity index (χ0) is 12.3. The molecule has 2 N–H and O–H groups in total. The highest BCUT2D eigenvalue weighted by Gasteiger charge is 2.20. The van der Waals surface area contributed by atoms with Gasteiger partial charge in [0.2, 0.25) is 0 Å². The molecule has 0 amide bonds. The van der Waals surface area contributed by atoms with Gasteiger partial charge in [0.05, 0.1) is 5.56 Å². The molecule has 2 heterocycles. The van der Waals surface area contributed by atoms with Gasteiger partial charge in [-0.1, -0.05) is 25.4 Å². The van der Waals surface area contributed by atoms with Gasteiger partial charge in [0, 0.05) is 18.3 Å². The molecule has 0 radical (unpaired) electrons. The summed E-state index contributed by atoms with van der Waals surface area (Å²) in [5.41, 5.74) is 7.80. The van der Waals surface area contributed by atoms with Gasteiger partial charge in [0.25, 0.3) is 0 Å². The Kier molecular flexibility index (Phi) is 3.42. The smallest absolute Gasteiger partial charge is 0.175 e. The maximum atomic E-state index is 5.88. The Morgan fingerprint density at radius 3 is 2.71 bits per heavy atom. The number of hydrogen-bond donors (Lipinski definition) is 1. The monoisotopic (exact) mass is 231 g/mol. The molecule has 0 aliphatic heterocycles. The van der Waals surface area contributed by atoms with E-state index in [1.807, 2.05) is 12.1 Å². The molecule has 0 fully saturated rings. The van der Waals surface area contributed by atoms with E-state index in [1.54, 1.807) is 12.4 Å². The Bertz CT molecular complexity index is 479. The molecule has 0 aliphatic carbocycles. The molecule has 17 heavy (non-hydrogen) atoms. The summed E-state index contributed by atoms with van der Waals surface area (Å²) < 4.78 is 5.37. The standard InChI is InChI=1S/C13H17N3O/c1-3-4-9(2)12-11(13(14)16-17-12)10-5-7-15-8-6-10/h5-9H,3-4H2,1-2H3,(H2,14,16). The molecule has 0 aromatic carbocycles. The third-order valence-corrected chi connectivity index (χ3v) is 2.88. The Morgan fingerprint density at radius 2 is 2.06 bits per heavy atom. The summed E-state index contributed by atoms with van der Waals surface area (Å²) >= 11 is 0. The minimum Gasteiger partial charge on any atom is -0.380 e. The highest BCUT2D eigenvalue weighted by molar-refractivity contribution is 5.75. The van der Waals surface area contributed by atoms with Crippen LogP contribution < -0.4 is 5.73 Å². The van der Waals surface area contributed by atoms with Crippen molar-refractivity contribution in [3.8, 4) is 11.1 Å². The van der Waals surface area contributed by atoms with Crippen molar-refractivity contribution in [3.63, 3.8) is 0 Å². The maximum Gasteiger partial charge on any atom is 0.175 e. The molecule has 4 heteroatoms. The van der Waals surface area contributed by atoms with Gasteiger partial charge in [-0.05, 0) is 24.1 Å². The van der Waals surface area contributed by atoms with Gasteiger partial charge < -0.3 is 10.3 Å². The normalized spacial score (nSPS) is 12.6. The summed E-state index contributed by atoms with van der Waals surface area (Å²) in [5, 5.41) is 3.88. The van der Waals surface area contributed by atoms with Crippen LogP contribution >= 0.6 is 0 Å². The lowest BCUT2D eigenvalue weighted by molar-refractivity contribution is 0.362. The van der Waals surface area contributed by atoms with E-state index in [0.29, 0.717) is 11.7 Å². The number of rotatable bonds is 4. The number of pyridine rings is 1. The van der Waals surface area contributed by atoms with E-state index in [9.17, 15) is 0 Å². The molecule has 2 rings (SSSR count). The second kappa shape index (κ2) is 4.99. The zero-order valence-corrected chi connectivity index (χ0v) is 10.2. The Hall–Kier alpha value is -1.84. The zero-order valence-electron chi connectivity index (χ0n) is 10.2. The van der Waals surface area contributed by atoms with Crippen LogP contribution in [0.15, 0.2) is 29.0 Å². The molecule has 1 atom stereocenters. The van der Waals surface area contributed by atoms with Crippen molar-refractivity contribution in [2.75, 3.05) is 5.73 Å². The molecule has 1 unspecified atom stereocenters. The fourth-order valence-electron chi connectivity index (χ4n) is 2.03. The van der Waals surface area contributed by atoms with Crippen molar-refractivity contribution in [1.29, 1.82) is 0 Å². The van der Waals surface area contributed by atoms with Crippen LogP contribution in [0.2, 0.25) is 0 Å². The predicted octanol–water partition coefficient (Wildman–Crippen LogP) is 3.22. The summed E-state index contributed by atoms with van der Waals surface area (Å²) in [4.78, 5) is 4.00. The van der Waals surface area contributed by atoms with Gasteiger partial charge in [-0.25, -0.2) is 0 Å². The summed E-state index contributed by atoms with van der Waals surface area (Å²) in [7, 11) is 0. The molecular formula is C13H17N3O. The number of aromatic nitrogens is 2. The minimum absolute atomic E-state index is 0.327. The van der Waals surface area contributed by atoms with Crippen LogP contribution in [0.1, 0.15) is 38.4 Å². The number of nitrogens with two attached hydrogens (primary N) is 1. The highest BCUT2D eigenvalue weighted by Crippen LogP contribution is 2.35. The van der Waals surface area contributed by atoms with Crippen LogP contribution in [0, 0.1) is 0 Å². The van der Waals surface area contributed by atoms with E-state index in [4.69, 9.17) is 10.3 Å². The molecule has 0 aliphatic rings.